The van der Waals surface area contributed by atoms with Crippen LogP contribution in [0, 0.1) is 13.8 Å². The second kappa shape index (κ2) is 9.97. The van der Waals surface area contributed by atoms with E-state index in [-0.39, 0.29) is 30.3 Å². The molecule has 0 bridgehead atoms. The third kappa shape index (κ3) is 5.33. The van der Waals surface area contributed by atoms with Crippen molar-refractivity contribution in [1.82, 2.24) is 14.7 Å². The van der Waals surface area contributed by atoms with Crippen molar-refractivity contribution in [3.8, 4) is 0 Å². The zero-order chi connectivity index (χ0) is 22.5. The van der Waals surface area contributed by atoms with Crippen LogP contribution in [0.3, 0.4) is 0 Å². The number of carbonyl (C=O) groups is 1. The Morgan fingerprint density at radius 2 is 1.63 bits per heavy atom. The summed E-state index contributed by atoms with van der Waals surface area (Å²) in [5.41, 5.74) is 7.11. The Morgan fingerprint density at radius 3 is 2.13 bits per heavy atom. The maximum atomic E-state index is 13.1. The number of hydrogen-bond donors (Lipinski definition) is 1. The molecule has 2 aromatic rings. The summed E-state index contributed by atoms with van der Waals surface area (Å²) in [7, 11) is 0. The Kier molecular flexibility index (Phi) is 7.89. The van der Waals surface area contributed by atoms with Crippen molar-refractivity contribution >= 4 is 11.6 Å². The van der Waals surface area contributed by atoms with Crippen molar-refractivity contribution in [2.75, 3.05) is 31.1 Å². The van der Waals surface area contributed by atoms with E-state index in [4.69, 9.17) is 5.73 Å². The summed E-state index contributed by atoms with van der Waals surface area (Å²) in [4.78, 5) is 16.5. The van der Waals surface area contributed by atoms with Crippen LogP contribution in [-0.4, -0.2) is 46.8 Å². The van der Waals surface area contributed by atoms with Gasteiger partial charge in [0, 0.05) is 44.0 Å². The number of rotatable bonds is 4. The first-order chi connectivity index (χ1) is 14.2. The van der Waals surface area contributed by atoms with E-state index < -0.39 is 11.9 Å². The maximum Gasteiger partial charge on any atom is 0.435 e. The van der Waals surface area contributed by atoms with E-state index in [0.29, 0.717) is 26.2 Å². The lowest BCUT2D eigenvalue weighted by atomic mass is 10.2. The lowest BCUT2D eigenvalue weighted by Gasteiger charge is -2.36. The van der Waals surface area contributed by atoms with Gasteiger partial charge < -0.3 is 15.5 Å². The molecular weight excluding hydrogens is 395 g/mol. The predicted molar refractivity (Wildman–Crippen MR) is 111 cm³/mol. The lowest BCUT2D eigenvalue weighted by Crippen LogP contribution is -2.49. The highest BCUT2D eigenvalue weighted by atomic mass is 19.4. The summed E-state index contributed by atoms with van der Waals surface area (Å²) in [6.45, 7) is 9.37. The molecule has 0 aliphatic carbocycles. The Balaban J connectivity index is 0.00000155. The Labute approximate surface area is 175 Å². The number of aromatic nitrogens is 2. The number of piperazine rings is 1. The Morgan fingerprint density at radius 1 is 1.07 bits per heavy atom. The van der Waals surface area contributed by atoms with E-state index >= 15 is 0 Å². The van der Waals surface area contributed by atoms with Gasteiger partial charge in [0.2, 0.25) is 5.91 Å². The third-order valence-corrected chi connectivity index (χ3v) is 5.10. The van der Waals surface area contributed by atoms with Gasteiger partial charge >= 0.3 is 6.18 Å². The summed E-state index contributed by atoms with van der Waals surface area (Å²) in [6, 6.07) is 8.18. The van der Waals surface area contributed by atoms with Crippen LogP contribution in [-0.2, 0) is 24.1 Å². The number of anilines is 1. The number of nitrogens with zero attached hydrogens (tertiary/aromatic N) is 4. The molecule has 2 N–H and O–H groups in total. The van der Waals surface area contributed by atoms with E-state index in [0.717, 1.165) is 10.4 Å². The molecule has 0 unspecified atom stereocenters. The van der Waals surface area contributed by atoms with Gasteiger partial charge in [0.1, 0.15) is 6.54 Å². The average molecular weight is 425 g/mol. The molecule has 1 aliphatic heterocycles. The summed E-state index contributed by atoms with van der Waals surface area (Å²) < 4.78 is 40.3. The van der Waals surface area contributed by atoms with Crippen LogP contribution in [0.2, 0.25) is 0 Å². The number of amides is 1. The molecular formula is C21H30F3N5O. The molecule has 6 nitrogen and oxygen atoms in total. The molecule has 1 fully saturated rings. The molecule has 1 aromatic carbocycles. The van der Waals surface area contributed by atoms with Gasteiger partial charge in [0.15, 0.2) is 5.69 Å². The second-order valence-corrected chi connectivity index (χ2v) is 6.98. The highest BCUT2D eigenvalue weighted by Gasteiger charge is 2.38. The van der Waals surface area contributed by atoms with Gasteiger partial charge in [0.25, 0.3) is 0 Å². The highest BCUT2D eigenvalue weighted by Crippen LogP contribution is 2.32. The van der Waals surface area contributed by atoms with Crippen molar-refractivity contribution in [2.24, 2.45) is 5.73 Å². The van der Waals surface area contributed by atoms with Crippen molar-refractivity contribution in [2.45, 2.75) is 47.0 Å². The SMILES string of the molecule is CC.Cc1ccc(N2CCN(C(=O)Cn3nc(C(F)(F)F)c(C)c3CN)CC2)cc1. The topological polar surface area (TPSA) is 67.4 Å². The average Bonchev–Trinajstić information content (AvgIpc) is 3.05. The predicted octanol–water partition coefficient (Wildman–Crippen LogP) is 3.35. The second-order valence-electron chi connectivity index (χ2n) is 6.98. The first kappa shape index (κ1) is 23.7. The number of carbonyl (C=O) groups excluding carboxylic acids is 1. The fraction of sp³-hybridized carbons (Fsp3) is 0.524. The Bertz CT molecular complexity index is 838. The molecule has 1 aromatic heterocycles. The van der Waals surface area contributed by atoms with E-state index in [1.54, 1.807) is 4.90 Å². The standard InChI is InChI=1S/C19H24F3N5O.C2H6/c1-13-3-5-15(6-4-13)25-7-9-26(10-8-25)17(28)12-27-16(11-23)14(2)18(24-27)19(20,21)22;1-2/h3-6H,7-12,23H2,1-2H3;1-2H3. The van der Waals surface area contributed by atoms with Gasteiger partial charge in [-0.25, -0.2) is 0 Å². The van der Waals surface area contributed by atoms with Crippen LogP contribution in [0.15, 0.2) is 24.3 Å². The largest absolute Gasteiger partial charge is 0.435 e. The van der Waals surface area contributed by atoms with E-state index in [9.17, 15) is 18.0 Å². The summed E-state index contributed by atoms with van der Waals surface area (Å²) >= 11 is 0. The van der Waals surface area contributed by atoms with Gasteiger partial charge in [-0.1, -0.05) is 31.5 Å². The number of halogens is 3. The maximum absolute atomic E-state index is 13.1. The van der Waals surface area contributed by atoms with Gasteiger partial charge in [0.05, 0.1) is 5.69 Å². The zero-order valence-corrected chi connectivity index (χ0v) is 18.0. The summed E-state index contributed by atoms with van der Waals surface area (Å²) in [6.07, 6.45) is -4.57. The molecule has 0 saturated carbocycles. The number of aryl methyl sites for hydroxylation is 1. The van der Waals surface area contributed by atoms with Gasteiger partial charge in [-0.3, -0.25) is 9.48 Å². The van der Waals surface area contributed by atoms with Gasteiger partial charge in [-0.05, 0) is 26.0 Å². The minimum Gasteiger partial charge on any atom is -0.368 e. The quantitative estimate of drug-likeness (QED) is 0.816. The van der Waals surface area contributed by atoms with Crippen LogP contribution in [0.1, 0.15) is 36.4 Å². The number of alkyl halides is 3. The molecule has 2 heterocycles. The molecule has 3 rings (SSSR count). The first-order valence-corrected chi connectivity index (χ1v) is 10.1. The Hall–Kier alpha value is -2.55. The zero-order valence-electron chi connectivity index (χ0n) is 18.0. The van der Waals surface area contributed by atoms with Crippen LogP contribution in [0.5, 0.6) is 0 Å². The van der Waals surface area contributed by atoms with Gasteiger partial charge in [-0.2, -0.15) is 18.3 Å². The van der Waals surface area contributed by atoms with E-state index in [2.05, 4.69) is 10.00 Å². The highest BCUT2D eigenvalue weighted by molar-refractivity contribution is 5.76. The smallest absolute Gasteiger partial charge is 0.368 e. The number of hydrogen-bond acceptors (Lipinski definition) is 4. The summed E-state index contributed by atoms with van der Waals surface area (Å²) in [5, 5.41) is 3.61. The summed E-state index contributed by atoms with van der Waals surface area (Å²) in [5.74, 6) is -0.255. The van der Waals surface area contributed by atoms with Crippen molar-refractivity contribution in [1.29, 1.82) is 0 Å². The third-order valence-electron chi connectivity index (χ3n) is 5.10. The number of nitrogens with two attached hydrogens (primary N) is 1. The molecule has 1 aliphatic rings. The molecule has 0 atom stereocenters. The van der Waals surface area contributed by atoms with Crippen LogP contribution in [0.4, 0.5) is 18.9 Å². The number of benzene rings is 1. The van der Waals surface area contributed by atoms with Crippen molar-refractivity contribution in [3.63, 3.8) is 0 Å². The molecule has 1 amide bonds. The first-order valence-electron chi connectivity index (χ1n) is 10.1. The van der Waals surface area contributed by atoms with Gasteiger partial charge in [-0.15, -0.1) is 0 Å². The molecule has 30 heavy (non-hydrogen) atoms. The minimum absolute atomic E-state index is 0.0213. The van der Waals surface area contributed by atoms with Crippen molar-refractivity contribution in [3.05, 3.63) is 46.8 Å². The van der Waals surface area contributed by atoms with E-state index in [1.807, 2.05) is 45.0 Å². The fourth-order valence-electron chi connectivity index (χ4n) is 3.44. The fourth-order valence-corrected chi connectivity index (χ4v) is 3.44. The molecule has 9 heteroatoms. The normalized spacial score (nSPS) is 14.4. The van der Waals surface area contributed by atoms with E-state index in [1.165, 1.54) is 12.5 Å². The van der Waals surface area contributed by atoms with Crippen LogP contribution < -0.4 is 10.6 Å². The molecule has 1 saturated heterocycles. The lowest BCUT2D eigenvalue weighted by molar-refractivity contribution is -0.142. The van der Waals surface area contributed by atoms with Crippen LogP contribution in [0.25, 0.3) is 0 Å². The van der Waals surface area contributed by atoms with Crippen molar-refractivity contribution < 1.29 is 18.0 Å². The molecule has 0 radical (unpaired) electrons. The molecule has 166 valence electrons. The monoisotopic (exact) mass is 425 g/mol. The minimum atomic E-state index is -4.57. The van der Waals surface area contributed by atoms with Crippen LogP contribution >= 0.6 is 0 Å². The molecule has 0 spiro atoms.